The molecule has 1 heterocycles. The van der Waals surface area contributed by atoms with Crippen LogP contribution in [0.2, 0.25) is 0 Å². The summed E-state index contributed by atoms with van der Waals surface area (Å²) in [7, 11) is -1.76. The average molecular weight is 404 g/mol. The largest absolute Gasteiger partial charge is 0.340 e. The molecular formula is C17H26ClN3O4S. The molecule has 0 saturated carbocycles. The number of hydrogen-bond acceptors (Lipinski definition) is 5. The summed E-state index contributed by atoms with van der Waals surface area (Å²) < 4.78 is 26.8. The van der Waals surface area contributed by atoms with Crippen molar-refractivity contribution in [3.05, 3.63) is 29.8 Å². The van der Waals surface area contributed by atoms with E-state index in [-0.39, 0.29) is 42.1 Å². The van der Waals surface area contributed by atoms with Crippen LogP contribution < -0.4 is 5.32 Å². The monoisotopic (exact) mass is 403 g/mol. The number of piperazine rings is 1. The minimum Gasteiger partial charge on any atom is -0.340 e. The lowest BCUT2D eigenvalue weighted by atomic mass is 10.2. The fourth-order valence-electron chi connectivity index (χ4n) is 2.76. The van der Waals surface area contributed by atoms with Crippen LogP contribution in [0.15, 0.2) is 29.2 Å². The van der Waals surface area contributed by atoms with Gasteiger partial charge in [0.2, 0.25) is 15.9 Å². The van der Waals surface area contributed by atoms with Crippen LogP contribution in [0.25, 0.3) is 0 Å². The first-order valence-electron chi connectivity index (χ1n) is 8.40. The molecule has 0 atom stereocenters. The van der Waals surface area contributed by atoms with Crippen LogP contribution >= 0.6 is 12.4 Å². The Balaban J connectivity index is 0.00000338. The number of amides is 1. The summed E-state index contributed by atoms with van der Waals surface area (Å²) >= 11 is 0. The highest BCUT2D eigenvalue weighted by atomic mass is 35.5. The van der Waals surface area contributed by atoms with Gasteiger partial charge >= 0.3 is 0 Å². The lowest BCUT2D eigenvalue weighted by Gasteiger charge is -2.34. The molecule has 1 aromatic rings. The Morgan fingerprint density at radius 2 is 1.65 bits per heavy atom. The van der Waals surface area contributed by atoms with E-state index < -0.39 is 10.0 Å². The van der Waals surface area contributed by atoms with Crippen molar-refractivity contribution in [3.63, 3.8) is 0 Å². The number of nitrogens with zero attached hydrogens (tertiary/aromatic N) is 2. The molecule has 2 rings (SSSR count). The van der Waals surface area contributed by atoms with Crippen LogP contribution in [-0.2, 0) is 14.8 Å². The van der Waals surface area contributed by atoms with Crippen LogP contribution in [0, 0.1) is 0 Å². The second-order valence-corrected chi connectivity index (χ2v) is 8.01. The Morgan fingerprint density at radius 1 is 1.08 bits per heavy atom. The van der Waals surface area contributed by atoms with E-state index in [1.165, 1.54) is 35.5 Å². The van der Waals surface area contributed by atoms with Gasteiger partial charge in [-0.05, 0) is 39.1 Å². The zero-order valence-electron chi connectivity index (χ0n) is 15.1. The Kier molecular flexibility index (Phi) is 8.69. The molecule has 0 aromatic heterocycles. The van der Waals surface area contributed by atoms with Crippen LogP contribution in [-0.4, -0.2) is 69.1 Å². The van der Waals surface area contributed by atoms with Crippen molar-refractivity contribution in [2.24, 2.45) is 0 Å². The van der Waals surface area contributed by atoms with Gasteiger partial charge < -0.3 is 10.2 Å². The average Bonchev–Trinajstić information content (AvgIpc) is 2.62. The van der Waals surface area contributed by atoms with Gasteiger partial charge in [-0.3, -0.25) is 9.59 Å². The van der Waals surface area contributed by atoms with E-state index in [1.54, 1.807) is 4.90 Å². The predicted molar refractivity (Wildman–Crippen MR) is 102 cm³/mol. The van der Waals surface area contributed by atoms with Crippen molar-refractivity contribution in [3.8, 4) is 0 Å². The molecule has 26 heavy (non-hydrogen) atoms. The molecule has 146 valence electrons. The fourth-order valence-corrected chi connectivity index (χ4v) is 4.19. The number of sulfonamides is 1. The molecule has 1 saturated heterocycles. The molecule has 0 aliphatic carbocycles. The minimum atomic E-state index is -3.60. The lowest BCUT2D eigenvalue weighted by Crippen LogP contribution is -2.50. The van der Waals surface area contributed by atoms with Crippen molar-refractivity contribution in [2.45, 2.75) is 24.7 Å². The minimum absolute atomic E-state index is 0. The third-order valence-electron chi connectivity index (χ3n) is 4.31. The van der Waals surface area contributed by atoms with Crippen molar-refractivity contribution in [1.82, 2.24) is 14.5 Å². The third-order valence-corrected chi connectivity index (χ3v) is 6.22. The normalized spacial score (nSPS) is 15.4. The molecule has 0 spiro atoms. The summed E-state index contributed by atoms with van der Waals surface area (Å²) in [5, 5.41) is 3.00. The second kappa shape index (κ2) is 10.0. The van der Waals surface area contributed by atoms with Crippen LogP contribution in [0.5, 0.6) is 0 Å². The first kappa shape index (κ1) is 22.6. The van der Waals surface area contributed by atoms with Crippen LogP contribution in [0.3, 0.4) is 0 Å². The number of carbonyl (C=O) groups excluding carboxylic acids is 2. The predicted octanol–water partition coefficient (Wildman–Crippen LogP) is 1.14. The molecule has 1 fully saturated rings. The van der Waals surface area contributed by atoms with Crippen molar-refractivity contribution in [1.29, 1.82) is 0 Å². The number of carbonyl (C=O) groups is 2. The summed E-state index contributed by atoms with van der Waals surface area (Å²) in [6, 6.07) is 5.97. The highest BCUT2D eigenvalue weighted by molar-refractivity contribution is 7.89. The van der Waals surface area contributed by atoms with Crippen molar-refractivity contribution >= 4 is 34.1 Å². The molecule has 1 aliphatic rings. The quantitative estimate of drug-likeness (QED) is 0.545. The SMILES string of the molecule is CNCCCC(=O)N1CCN(S(=O)(=O)c2ccc(C(C)=O)cc2)CC1.Cl. The van der Waals surface area contributed by atoms with Crippen molar-refractivity contribution in [2.75, 3.05) is 39.8 Å². The smallest absolute Gasteiger partial charge is 0.243 e. The Morgan fingerprint density at radius 3 is 2.15 bits per heavy atom. The standard InChI is InChI=1S/C17H25N3O4S.ClH/c1-14(21)15-5-7-16(8-6-15)25(23,24)20-12-10-19(11-13-20)17(22)4-3-9-18-2;/h5-8,18H,3-4,9-13H2,1-2H3;1H. The maximum atomic E-state index is 12.7. The van der Waals surface area contributed by atoms with Crippen LogP contribution in [0.1, 0.15) is 30.1 Å². The molecule has 1 aromatic carbocycles. The van der Waals surface area contributed by atoms with E-state index in [0.29, 0.717) is 25.1 Å². The van der Waals surface area contributed by atoms with E-state index >= 15 is 0 Å². The number of ketones is 1. The van der Waals surface area contributed by atoms with Gasteiger partial charge in [0.15, 0.2) is 5.78 Å². The molecular weight excluding hydrogens is 378 g/mol. The van der Waals surface area contributed by atoms with Gasteiger partial charge in [0, 0.05) is 38.2 Å². The maximum Gasteiger partial charge on any atom is 0.243 e. The van der Waals surface area contributed by atoms with Gasteiger partial charge in [-0.1, -0.05) is 12.1 Å². The maximum absolute atomic E-state index is 12.7. The molecule has 0 bridgehead atoms. The number of benzene rings is 1. The number of nitrogens with one attached hydrogen (secondary N) is 1. The van der Waals surface area contributed by atoms with Crippen molar-refractivity contribution < 1.29 is 18.0 Å². The van der Waals surface area contributed by atoms with Gasteiger partial charge in [0.05, 0.1) is 4.90 Å². The summed E-state index contributed by atoms with van der Waals surface area (Å²) in [5.74, 6) is -0.0348. The first-order valence-corrected chi connectivity index (χ1v) is 9.84. The first-order chi connectivity index (χ1) is 11.9. The molecule has 1 amide bonds. The molecule has 9 heteroatoms. The van der Waals surface area contributed by atoms with Gasteiger partial charge in [-0.25, -0.2) is 8.42 Å². The number of halogens is 1. The second-order valence-electron chi connectivity index (χ2n) is 6.07. The van der Waals surface area contributed by atoms with Gasteiger partial charge in [-0.2, -0.15) is 4.31 Å². The molecule has 1 aliphatic heterocycles. The van der Waals surface area contributed by atoms with E-state index in [4.69, 9.17) is 0 Å². The Labute approximate surface area is 161 Å². The van der Waals surface area contributed by atoms with Gasteiger partial charge in [0.25, 0.3) is 0 Å². The summed E-state index contributed by atoms with van der Waals surface area (Å²) in [6.07, 6.45) is 1.25. The lowest BCUT2D eigenvalue weighted by molar-refractivity contribution is -0.132. The van der Waals surface area contributed by atoms with Gasteiger partial charge in [-0.15, -0.1) is 12.4 Å². The summed E-state index contributed by atoms with van der Waals surface area (Å²) in [5.41, 5.74) is 0.482. The molecule has 0 unspecified atom stereocenters. The van der Waals surface area contributed by atoms with E-state index in [9.17, 15) is 18.0 Å². The number of rotatable bonds is 7. The fraction of sp³-hybridized carbons (Fsp3) is 0.529. The third kappa shape index (κ3) is 5.51. The topological polar surface area (TPSA) is 86.8 Å². The van der Waals surface area contributed by atoms with E-state index in [1.807, 2.05) is 7.05 Å². The van der Waals surface area contributed by atoms with Crippen LogP contribution in [0.4, 0.5) is 0 Å². The molecule has 1 N–H and O–H groups in total. The Hall–Kier alpha value is -1.48. The van der Waals surface area contributed by atoms with Gasteiger partial charge in [0.1, 0.15) is 0 Å². The zero-order chi connectivity index (χ0) is 18.4. The molecule has 7 nitrogen and oxygen atoms in total. The number of hydrogen-bond donors (Lipinski definition) is 1. The Bertz CT molecular complexity index is 714. The highest BCUT2D eigenvalue weighted by Gasteiger charge is 2.29. The molecule has 0 radical (unpaired) electrons. The zero-order valence-corrected chi connectivity index (χ0v) is 16.7. The van der Waals surface area contributed by atoms with E-state index in [2.05, 4.69) is 5.32 Å². The summed E-state index contributed by atoms with van der Waals surface area (Å²) in [6.45, 7) is 3.61. The number of Topliss-reactive ketones (excluding diaryl/α,β-unsaturated/α-hetero) is 1. The summed E-state index contributed by atoms with van der Waals surface area (Å²) in [4.78, 5) is 25.3. The highest BCUT2D eigenvalue weighted by Crippen LogP contribution is 2.19. The van der Waals surface area contributed by atoms with E-state index in [0.717, 1.165) is 13.0 Å².